The smallest absolute Gasteiger partial charge is 0.337 e. The number of nitrogens with one attached hydrogen (secondary N) is 1. The van der Waals surface area contributed by atoms with Crippen molar-refractivity contribution < 1.29 is 14.3 Å². The molecule has 116 valence electrons. The number of likely N-dealkylation sites (N-methyl/N-ethyl adjacent to an activating group) is 1. The maximum Gasteiger partial charge on any atom is 0.337 e. The molecule has 5 nitrogen and oxygen atoms in total. The highest BCUT2D eigenvalue weighted by Gasteiger charge is 2.14. The van der Waals surface area contributed by atoms with E-state index in [1.165, 1.54) is 7.11 Å². The summed E-state index contributed by atoms with van der Waals surface area (Å²) in [5, 5.41) is 2.93. The van der Waals surface area contributed by atoms with Gasteiger partial charge in [-0.1, -0.05) is 13.8 Å². The monoisotopic (exact) mass is 292 g/mol. The second kappa shape index (κ2) is 7.78. The van der Waals surface area contributed by atoms with E-state index in [9.17, 15) is 9.59 Å². The zero-order valence-corrected chi connectivity index (χ0v) is 13.4. The quantitative estimate of drug-likeness (QED) is 0.818. The number of hydrogen-bond acceptors (Lipinski definition) is 4. The minimum Gasteiger partial charge on any atom is -0.465 e. The van der Waals surface area contributed by atoms with Gasteiger partial charge in [0.15, 0.2) is 0 Å². The first kappa shape index (κ1) is 17.2. The summed E-state index contributed by atoms with van der Waals surface area (Å²) in [6, 6.07) is 3.46. The Morgan fingerprint density at radius 3 is 2.10 bits per heavy atom. The van der Waals surface area contributed by atoms with E-state index in [0.717, 1.165) is 29.9 Å². The summed E-state index contributed by atoms with van der Waals surface area (Å²) in [7, 11) is 1.35. The molecule has 0 bridgehead atoms. The molecule has 0 unspecified atom stereocenters. The molecular weight excluding hydrogens is 268 g/mol. The molecule has 0 saturated heterocycles. The summed E-state index contributed by atoms with van der Waals surface area (Å²) >= 11 is 0. The van der Waals surface area contributed by atoms with E-state index >= 15 is 0 Å². The molecule has 1 N–H and O–H groups in total. The molecule has 0 aliphatic heterocycles. The van der Waals surface area contributed by atoms with Crippen molar-refractivity contribution in [2.24, 2.45) is 0 Å². The number of ether oxygens (including phenoxy) is 1. The van der Waals surface area contributed by atoms with Crippen LogP contribution in [0.3, 0.4) is 0 Å². The molecule has 0 spiro atoms. The summed E-state index contributed by atoms with van der Waals surface area (Å²) < 4.78 is 4.72. The third-order valence-electron chi connectivity index (χ3n) is 3.48. The van der Waals surface area contributed by atoms with Crippen molar-refractivity contribution in [1.82, 2.24) is 4.90 Å². The van der Waals surface area contributed by atoms with Crippen LogP contribution in [0.2, 0.25) is 0 Å². The van der Waals surface area contributed by atoms with Gasteiger partial charge in [0.2, 0.25) is 5.91 Å². The molecule has 1 amide bonds. The van der Waals surface area contributed by atoms with Crippen molar-refractivity contribution in [3.63, 3.8) is 0 Å². The number of anilines is 1. The van der Waals surface area contributed by atoms with Crippen molar-refractivity contribution in [2.75, 3.05) is 32.1 Å². The molecule has 0 aliphatic rings. The summed E-state index contributed by atoms with van der Waals surface area (Å²) in [6.45, 7) is 9.83. The van der Waals surface area contributed by atoms with Crippen LogP contribution in [-0.4, -0.2) is 43.5 Å². The zero-order valence-electron chi connectivity index (χ0n) is 13.4. The van der Waals surface area contributed by atoms with Gasteiger partial charge in [-0.25, -0.2) is 4.79 Å². The maximum atomic E-state index is 12.1. The van der Waals surface area contributed by atoms with E-state index in [1.807, 2.05) is 32.6 Å². The molecule has 0 fully saturated rings. The molecule has 0 aromatic heterocycles. The first-order valence-corrected chi connectivity index (χ1v) is 7.14. The number of methoxy groups -OCH3 is 1. The Balaban J connectivity index is 2.89. The molecule has 0 atom stereocenters. The van der Waals surface area contributed by atoms with Crippen LogP contribution in [0.4, 0.5) is 5.69 Å². The maximum absolute atomic E-state index is 12.1. The minimum absolute atomic E-state index is 0.0456. The fourth-order valence-electron chi connectivity index (χ4n) is 2.23. The lowest BCUT2D eigenvalue weighted by atomic mass is 10.0. The van der Waals surface area contributed by atoms with Gasteiger partial charge in [0.25, 0.3) is 0 Å². The fraction of sp³-hybridized carbons (Fsp3) is 0.500. The molecule has 21 heavy (non-hydrogen) atoms. The number of esters is 1. The number of carbonyl (C=O) groups is 2. The topological polar surface area (TPSA) is 58.6 Å². The number of rotatable bonds is 6. The van der Waals surface area contributed by atoms with Crippen molar-refractivity contribution in [3.05, 3.63) is 28.8 Å². The first-order chi connectivity index (χ1) is 9.92. The number of carbonyl (C=O) groups excluding carboxylic acids is 2. The largest absolute Gasteiger partial charge is 0.465 e. The van der Waals surface area contributed by atoms with Crippen LogP contribution >= 0.6 is 0 Å². The van der Waals surface area contributed by atoms with Crippen molar-refractivity contribution in [1.29, 1.82) is 0 Å². The van der Waals surface area contributed by atoms with Crippen LogP contribution in [0.1, 0.15) is 35.3 Å². The predicted octanol–water partition coefficient (Wildman–Crippen LogP) is 2.37. The van der Waals surface area contributed by atoms with E-state index in [1.54, 1.807) is 12.1 Å². The van der Waals surface area contributed by atoms with Crippen molar-refractivity contribution in [2.45, 2.75) is 27.7 Å². The highest BCUT2D eigenvalue weighted by molar-refractivity contribution is 5.96. The minimum atomic E-state index is -0.373. The lowest BCUT2D eigenvalue weighted by molar-refractivity contribution is -0.117. The third kappa shape index (κ3) is 4.56. The Hall–Kier alpha value is -1.88. The van der Waals surface area contributed by atoms with Gasteiger partial charge in [-0.15, -0.1) is 0 Å². The van der Waals surface area contributed by atoms with Crippen LogP contribution in [0.25, 0.3) is 0 Å². The Morgan fingerprint density at radius 2 is 1.67 bits per heavy atom. The van der Waals surface area contributed by atoms with E-state index in [0.29, 0.717) is 12.1 Å². The Bertz CT molecular complexity index is 499. The summed E-state index contributed by atoms with van der Waals surface area (Å²) in [5.74, 6) is -0.419. The van der Waals surface area contributed by atoms with E-state index in [2.05, 4.69) is 5.32 Å². The van der Waals surface area contributed by atoms with E-state index in [4.69, 9.17) is 4.74 Å². The van der Waals surface area contributed by atoms with Crippen molar-refractivity contribution >= 4 is 17.6 Å². The third-order valence-corrected chi connectivity index (χ3v) is 3.48. The molecule has 1 aromatic carbocycles. The SMILES string of the molecule is CCN(CC)CC(=O)Nc1c(C)cc(C(=O)OC)cc1C. The molecule has 0 saturated carbocycles. The van der Waals surface area contributed by atoms with Gasteiger partial charge in [0.1, 0.15) is 0 Å². The number of hydrogen-bond donors (Lipinski definition) is 1. The zero-order chi connectivity index (χ0) is 16.0. The summed E-state index contributed by atoms with van der Waals surface area (Å²) in [5.41, 5.74) is 2.96. The average Bonchev–Trinajstić information content (AvgIpc) is 2.47. The van der Waals surface area contributed by atoms with Crippen LogP contribution < -0.4 is 5.32 Å². The predicted molar refractivity (Wildman–Crippen MR) is 83.7 cm³/mol. The Kier molecular flexibility index (Phi) is 6.37. The highest BCUT2D eigenvalue weighted by atomic mass is 16.5. The molecule has 0 aliphatic carbocycles. The second-order valence-corrected chi connectivity index (χ2v) is 4.99. The van der Waals surface area contributed by atoms with Gasteiger partial charge in [0, 0.05) is 5.69 Å². The van der Waals surface area contributed by atoms with Crippen molar-refractivity contribution in [3.8, 4) is 0 Å². The second-order valence-electron chi connectivity index (χ2n) is 4.99. The van der Waals surface area contributed by atoms with Crippen LogP contribution in [-0.2, 0) is 9.53 Å². The van der Waals surface area contributed by atoms with Gasteiger partial charge < -0.3 is 10.1 Å². The number of aryl methyl sites for hydroxylation is 2. The van der Waals surface area contributed by atoms with Gasteiger partial charge in [0.05, 0.1) is 19.2 Å². The molecule has 0 radical (unpaired) electrons. The van der Waals surface area contributed by atoms with Gasteiger partial charge in [-0.05, 0) is 50.2 Å². The Labute approximate surface area is 126 Å². The van der Waals surface area contributed by atoms with Crippen LogP contribution in [0, 0.1) is 13.8 Å². The van der Waals surface area contributed by atoms with Crippen LogP contribution in [0.15, 0.2) is 12.1 Å². The molecular formula is C16H24N2O3. The fourth-order valence-corrected chi connectivity index (χ4v) is 2.23. The standard InChI is InChI=1S/C16H24N2O3/c1-6-18(7-2)10-14(19)17-15-11(3)8-13(9-12(15)4)16(20)21-5/h8-9H,6-7,10H2,1-5H3,(H,17,19). The molecule has 0 heterocycles. The van der Waals surface area contributed by atoms with Gasteiger partial charge in [-0.2, -0.15) is 0 Å². The average molecular weight is 292 g/mol. The Morgan fingerprint density at radius 1 is 1.14 bits per heavy atom. The number of amides is 1. The summed E-state index contributed by atoms with van der Waals surface area (Å²) in [4.78, 5) is 25.7. The van der Waals surface area contributed by atoms with Gasteiger partial charge >= 0.3 is 5.97 Å². The summed E-state index contributed by atoms with van der Waals surface area (Å²) in [6.07, 6.45) is 0. The van der Waals surface area contributed by atoms with E-state index < -0.39 is 0 Å². The lowest BCUT2D eigenvalue weighted by Gasteiger charge is -2.19. The van der Waals surface area contributed by atoms with Crippen LogP contribution in [0.5, 0.6) is 0 Å². The number of nitrogens with zero attached hydrogens (tertiary/aromatic N) is 1. The normalized spacial score (nSPS) is 10.6. The molecule has 5 heteroatoms. The number of benzene rings is 1. The van der Waals surface area contributed by atoms with E-state index in [-0.39, 0.29) is 11.9 Å². The molecule has 1 rings (SSSR count). The lowest BCUT2D eigenvalue weighted by Crippen LogP contribution is -2.33. The first-order valence-electron chi connectivity index (χ1n) is 7.14. The molecule has 1 aromatic rings. The highest BCUT2D eigenvalue weighted by Crippen LogP contribution is 2.22. The van der Waals surface area contributed by atoms with Gasteiger partial charge in [-0.3, -0.25) is 9.69 Å².